The Morgan fingerprint density at radius 3 is 2.47 bits per heavy atom. The monoisotopic (exact) mass is 269 g/mol. The first-order valence-corrected chi connectivity index (χ1v) is 7.96. The van der Waals surface area contributed by atoms with Crippen molar-refractivity contribution >= 4 is 0 Å². The van der Waals surface area contributed by atoms with Crippen LogP contribution in [0.4, 0.5) is 0 Å². The van der Waals surface area contributed by atoms with Crippen LogP contribution in [0, 0.1) is 0 Å². The second kappa shape index (κ2) is 6.53. The Kier molecular flexibility index (Phi) is 5.23. The quantitative estimate of drug-likeness (QED) is 0.835. The van der Waals surface area contributed by atoms with Gasteiger partial charge in [0.25, 0.3) is 0 Å². The zero-order valence-corrected chi connectivity index (χ0v) is 12.9. The molecule has 2 atom stereocenters. The van der Waals surface area contributed by atoms with Crippen LogP contribution in [0.1, 0.15) is 40.0 Å². The smallest absolute Gasteiger partial charge is 0.0675 e. The summed E-state index contributed by atoms with van der Waals surface area (Å²) in [4.78, 5) is 5.23. The molecule has 2 heterocycles. The zero-order chi connectivity index (χ0) is 13.9. The number of hydrogen-bond acceptors (Lipinski definition) is 4. The van der Waals surface area contributed by atoms with Crippen molar-refractivity contribution in [3.63, 3.8) is 0 Å². The van der Waals surface area contributed by atoms with E-state index in [9.17, 15) is 0 Å². The Morgan fingerprint density at radius 1 is 1.26 bits per heavy atom. The molecule has 4 nitrogen and oxygen atoms in total. The van der Waals surface area contributed by atoms with Crippen LogP contribution in [0.15, 0.2) is 0 Å². The molecule has 2 unspecified atom stereocenters. The molecule has 0 aromatic rings. The maximum Gasteiger partial charge on any atom is 0.0675 e. The van der Waals surface area contributed by atoms with Crippen LogP contribution in [0.25, 0.3) is 0 Å². The summed E-state index contributed by atoms with van der Waals surface area (Å²) < 4.78 is 5.84. The van der Waals surface area contributed by atoms with Crippen LogP contribution in [-0.2, 0) is 4.74 Å². The second-order valence-electron chi connectivity index (χ2n) is 6.22. The first-order valence-electron chi connectivity index (χ1n) is 7.96. The Bertz CT molecular complexity index is 277. The van der Waals surface area contributed by atoms with Gasteiger partial charge >= 0.3 is 0 Å². The molecule has 2 fully saturated rings. The molecule has 2 aliphatic heterocycles. The number of ether oxygens (including phenoxy) is 1. The zero-order valence-electron chi connectivity index (χ0n) is 12.9. The highest BCUT2D eigenvalue weighted by Crippen LogP contribution is 2.33. The number of likely N-dealkylation sites (tertiary alicyclic amines) is 1. The molecule has 0 bridgehead atoms. The first kappa shape index (κ1) is 15.2. The number of nitrogens with two attached hydrogens (primary N) is 1. The molecule has 0 aromatic carbocycles. The molecule has 2 aliphatic rings. The highest BCUT2D eigenvalue weighted by molar-refractivity contribution is 5.00. The lowest BCUT2D eigenvalue weighted by Crippen LogP contribution is -2.66. The highest BCUT2D eigenvalue weighted by atomic mass is 16.5. The standard InChI is InChI=1S/C15H31N3O/c1-4-14-11-19-13(3)10-18(14)15(12-16)6-8-17(5-2)9-7-15/h13-14H,4-12,16H2,1-3H3. The largest absolute Gasteiger partial charge is 0.376 e. The van der Waals surface area contributed by atoms with E-state index in [4.69, 9.17) is 10.5 Å². The molecule has 2 saturated heterocycles. The minimum Gasteiger partial charge on any atom is -0.376 e. The molecule has 0 radical (unpaired) electrons. The summed E-state index contributed by atoms with van der Waals surface area (Å²) >= 11 is 0. The van der Waals surface area contributed by atoms with Crippen molar-refractivity contribution in [1.29, 1.82) is 0 Å². The van der Waals surface area contributed by atoms with Gasteiger partial charge in [-0.2, -0.15) is 0 Å². The van der Waals surface area contributed by atoms with E-state index in [2.05, 4.69) is 30.6 Å². The Labute approximate surface area is 118 Å². The lowest BCUT2D eigenvalue weighted by molar-refractivity contribution is -0.112. The molecule has 112 valence electrons. The summed E-state index contributed by atoms with van der Waals surface area (Å²) in [6, 6.07) is 0.549. The molecular weight excluding hydrogens is 238 g/mol. The first-order chi connectivity index (χ1) is 9.15. The van der Waals surface area contributed by atoms with Crippen LogP contribution in [0.5, 0.6) is 0 Å². The third-order valence-corrected chi connectivity index (χ3v) is 5.16. The van der Waals surface area contributed by atoms with Gasteiger partial charge in [0.05, 0.1) is 12.7 Å². The molecule has 2 rings (SSSR count). The fourth-order valence-corrected chi connectivity index (χ4v) is 3.66. The van der Waals surface area contributed by atoms with Gasteiger partial charge < -0.3 is 15.4 Å². The van der Waals surface area contributed by atoms with Gasteiger partial charge in [0, 0.05) is 24.7 Å². The Morgan fingerprint density at radius 2 is 1.95 bits per heavy atom. The van der Waals surface area contributed by atoms with Crippen molar-refractivity contribution in [1.82, 2.24) is 9.80 Å². The van der Waals surface area contributed by atoms with Gasteiger partial charge in [0.15, 0.2) is 0 Å². The van der Waals surface area contributed by atoms with Gasteiger partial charge in [-0.1, -0.05) is 13.8 Å². The van der Waals surface area contributed by atoms with Crippen LogP contribution in [0.2, 0.25) is 0 Å². The lowest BCUT2D eigenvalue weighted by Gasteiger charge is -2.53. The molecule has 0 saturated carbocycles. The van der Waals surface area contributed by atoms with Crippen molar-refractivity contribution in [2.75, 3.05) is 39.3 Å². The normalized spacial score (nSPS) is 33.5. The molecule has 0 aromatic heterocycles. The Hall–Kier alpha value is -0.160. The maximum absolute atomic E-state index is 6.22. The van der Waals surface area contributed by atoms with Crippen molar-refractivity contribution in [2.24, 2.45) is 5.73 Å². The highest BCUT2D eigenvalue weighted by Gasteiger charge is 2.43. The van der Waals surface area contributed by atoms with Gasteiger partial charge in [-0.15, -0.1) is 0 Å². The Balaban J connectivity index is 2.10. The summed E-state index contributed by atoms with van der Waals surface area (Å²) in [5, 5.41) is 0. The second-order valence-corrected chi connectivity index (χ2v) is 6.22. The van der Waals surface area contributed by atoms with E-state index in [0.717, 1.165) is 32.7 Å². The number of hydrogen-bond donors (Lipinski definition) is 1. The number of nitrogens with zero attached hydrogens (tertiary/aromatic N) is 2. The molecule has 4 heteroatoms. The average molecular weight is 269 g/mol. The van der Waals surface area contributed by atoms with Gasteiger partial charge in [0.2, 0.25) is 0 Å². The predicted molar refractivity (Wildman–Crippen MR) is 79.3 cm³/mol. The summed E-state index contributed by atoms with van der Waals surface area (Å²) in [7, 11) is 0. The van der Waals surface area contributed by atoms with Gasteiger partial charge in [0.1, 0.15) is 0 Å². The van der Waals surface area contributed by atoms with E-state index >= 15 is 0 Å². The summed E-state index contributed by atoms with van der Waals surface area (Å²) in [5.74, 6) is 0. The van der Waals surface area contributed by atoms with E-state index in [0.29, 0.717) is 12.1 Å². The predicted octanol–water partition coefficient (Wildman–Crippen LogP) is 1.30. The van der Waals surface area contributed by atoms with Crippen molar-refractivity contribution in [3.8, 4) is 0 Å². The van der Waals surface area contributed by atoms with E-state index in [1.807, 2.05) is 0 Å². The minimum atomic E-state index is 0.213. The fourth-order valence-electron chi connectivity index (χ4n) is 3.66. The fraction of sp³-hybridized carbons (Fsp3) is 1.00. The molecule has 2 N–H and O–H groups in total. The van der Waals surface area contributed by atoms with Crippen molar-refractivity contribution in [3.05, 3.63) is 0 Å². The number of piperidine rings is 1. The van der Waals surface area contributed by atoms with Crippen LogP contribution in [-0.4, -0.2) is 66.8 Å². The van der Waals surface area contributed by atoms with E-state index in [1.165, 1.54) is 25.9 Å². The van der Waals surface area contributed by atoms with Gasteiger partial charge in [-0.3, -0.25) is 4.90 Å². The van der Waals surface area contributed by atoms with Crippen molar-refractivity contribution < 1.29 is 4.74 Å². The third kappa shape index (κ3) is 3.13. The average Bonchev–Trinajstić information content (AvgIpc) is 2.47. The summed E-state index contributed by atoms with van der Waals surface area (Å²) in [6.45, 7) is 12.9. The molecular formula is C15H31N3O. The van der Waals surface area contributed by atoms with Crippen LogP contribution in [0.3, 0.4) is 0 Å². The van der Waals surface area contributed by atoms with E-state index in [1.54, 1.807) is 0 Å². The molecule has 19 heavy (non-hydrogen) atoms. The maximum atomic E-state index is 6.22. The van der Waals surface area contributed by atoms with E-state index in [-0.39, 0.29) is 5.54 Å². The number of rotatable bonds is 4. The third-order valence-electron chi connectivity index (χ3n) is 5.16. The minimum absolute atomic E-state index is 0.213. The molecule has 0 spiro atoms. The van der Waals surface area contributed by atoms with Gasteiger partial charge in [-0.05, 0) is 45.8 Å². The van der Waals surface area contributed by atoms with Crippen LogP contribution < -0.4 is 5.73 Å². The summed E-state index contributed by atoms with van der Waals surface area (Å²) in [5.41, 5.74) is 6.43. The van der Waals surface area contributed by atoms with Gasteiger partial charge in [-0.25, -0.2) is 0 Å². The van der Waals surface area contributed by atoms with E-state index < -0.39 is 0 Å². The summed E-state index contributed by atoms with van der Waals surface area (Å²) in [6.07, 6.45) is 3.92. The molecule has 0 aliphatic carbocycles. The lowest BCUT2D eigenvalue weighted by atomic mass is 9.83. The number of morpholine rings is 1. The topological polar surface area (TPSA) is 41.7 Å². The van der Waals surface area contributed by atoms with Crippen LogP contribution >= 0.6 is 0 Å². The molecule has 0 amide bonds. The SMILES string of the molecule is CCC1COC(C)CN1C1(CN)CCN(CC)CC1. The van der Waals surface area contributed by atoms with Crippen molar-refractivity contribution in [2.45, 2.75) is 57.7 Å².